The van der Waals surface area contributed by atoms with E-state index in [1.165, 1.54) is 12.1 Å². The van der Waals surface area contributed by atoms with Crippen molar-refractivity contribution in [1.29, 1.82) is 0 Å². The Hall–Kier alpha value is -1.29. The summed E-state index contributed by atoms with van der Waals surface area (Å²) in [6, 6.07) is 9.53. The van der Waals surface area contributed by atoms with Crippen molar-refractivity contribution < 1.29 is 9.13 Å². The zero-order chi connectivity index (χ0) is 13.8. The molecule has 2 nitrogen and oxygen atoms in total. The van der Waals surface area contributed by atoms with Crippen LogP contribution in [0.15, 0.2) is 36.4 Å². The molecule has 0 amide bonds. The summed E-state index contributed by atoms with van der Waals surface area (Å²) in [5.41, 5.74) is 7.12. The molecule has 0 aliphatic rings. The summed E-state index contributed by atoms with van der Waals surface area (Å²) in [6.07, 6.45) is 0. The molecule has 2 N–H and O–H groups in total. The highest BCUT2D eigenvalue weighted by Gasteiger charge is 2.09. The normalized spacial score (nSPS) is 10.5. The van der Waals surface area contributed by atoms with Gasteiger partial charge in [0.2, 0.25) is 0 Å². The smallest absolute Gasteiger partial charge is 0.142 e. The van der Waals surface area contributed by atoms with Crippen molar-refractivity contribution in [2.45, 2.75) is 13.2 Å². The molecule has 0 bridgehead atoms. The van der Waals surface area contributed by atoms with Crippen LogP contribution >= 0.6 is 23.2 Å². The van der Waals surface area contributed by atoms with Gasteiger partial charge in [-0.15, -0.1) is 0 Å². The van der Waals surface area contributed by atoms with E-state index in [2.05, 4.69) is 0 Å². The molecule has 5 heteroatoms. The quantitative estimate of drug-likeness (QED) is 0.919. The third kappa shape index (κ3) is 3.38. The molecule has 0 saturated carbocycles. The molecule has 0 aliphatic heterocycles. The summed E-state index contributed by atoms with van der Waals surface area (Å²) in [4.78, 5) is 0. The Labute approximate surface area is 120 Å². The molecule has 2 aromatic rings. The van der Waals surface area contributed by atoms with Gasteiger partial charge >= 0.3 is 0 Å². The van der Waals surface area contributed by atoms with Crippen molar-refractivity contribution >= 4 is 23.2 Å². The van der Waals surface area contributed by atoms with Crippen LogP contribution < -0.4 is 10.5 Å². The summed E-state index contributed by atoms with van der Waals surface area (Å²) in [7, 11) is 0. The number of rotatable bonds is 4. The van der Waals surface area contributed by atoms with Gasteiger partial charge in [0.1, 0.15) is 18.2 Å². The molecule has 0 fully saturated rings. The second-order valence-corrected chi connectivity index (χ2v) is 4.77. The number of hydrogen-bond donors (Lipinski definition) is 1. The van der Waals surface area contributed by atoms with Crippen LogP contribution in [0.25, 0.3) is 0 Å². The fourth-order valence-corrected chi connectivity index (χ4v) is 2.13. The van der Waals surface area contributed by atoms with E-state index in [1.54, 1.807) is 12.1 Å². The minimum absolute atomic E-state index is 0.204. The topological polar surface area (TPSA) is 35.2 Å². The molecule has 100 valence electrons. The van der Waals surface area contributed by atoms with Crippen LogP contribution in [-0.4, -0.2) is 0 Å². The van der Waals surface area contributed by atoms with E-state index in [4.69, 9.17) is 33.7 Å². The van der Waals surface area contributed by atoms with E-state index >= 15 is 0 Å². The number of nitrogens with two attached hydrogens (primary N) is 1. The standard InChI is InChI=1S/C14H12Cl2FNO/c15-12-3-1-2-9(7-18)14(12)19-8-10-4-5-11(17)6-13(10)16/h1-6H,7-8,18H2. The molecule has 0 unspecified atom stereocenters. The van der Waals surface area contributed by atoms with E-state index < -0.39 is 0 Å². The minimum atomic E-state index is -0.380. The molecule has 0 spiro atoms. The molecule has 2 aromatic carbocycles. The van der Waals surface area contributed by atoms with Gasteiger partial charge in [-0.3, -0.25) is 0 Å². The predicted octanol–water partition coefficient (Wildman–Crippen LogP) is 4.17. The van der Waals surface area contributed by atoms with Crippen molar-refractivity contribution in [3.8, 4) is 5.75 Å². The highest BCUT2D eigenvalue weighted by Crippen LogP contribution is 2.30. The Morgan fingerprint density at radius 2 is 1.84 bits per heavy atom. The van der Waals surface area contributed by atoms with Crippen LogP contribution in [0.1, 0.15) is 11.1 Å². The number of para-hydroxylation sites is 1. The van der Waals surface area contributed by atoms with Gasteiger partial charge in [0, 0.05) is 17.7 Å². The van der Waals surface area contributed by atoms with Crippen molar-refractivity contribution in [2.75, 3.05) is 0 Å². The Morgan fingerprint density at radius 1 is 1.05 bits per heavy atom. The maximum atomic E-state index is 12.9. The third-order valence-electron chi connectivity index (χ3n) is 2.66. The van der Waals surface area contributed by atoms with Crippen molar-refractivity contribution in [3.05, 3.63) is 63.4 Å². The molecule has 0 heterocycles. The maximum absolute atomic E-state index is 12.9. The Morgan fingerprint density at radius 3 is 2.53 bits per heavy atom. The van der Waals surface area contributed by atoms with Crippen molar-refractivity contribution in [1.82, 2.24) is 0 Å². The van der Waals surface area contributed by atoms with Crippen molar-refractivity contribution in [3.63, 3.8) is 0 Å². The molecule has 2 rings (SSSR count). The first-order chi connectivity index (χ1) is 9.11. The maximum Gasteiger partial charge on any atom is 0.142 e. The molecule has 0 aromatic heterocycles. The van der Waals surface area contributed by atoms with Crippen LogP contribution in [0.4, 0.5) is 4.39 Å². The second kappa shape index (κ2) is 6.24. The SMILES string of the molecule is NCc1cccc(Cl)c1OCc1ccc(F)cc1Cl. The zero-order valence-corrected chi connectivity index (χ0v) is 11.5. The lowest BCUT2D eigenvalue weighted by molar-refractivity contribution is 0.303. The number of hydrogen-bond acceptors (Lipinski definition) is 2. The first kappa shape index (κ1) is 14.1. The summed E-state index contributed by atoms with van der Waals surface area (Å²) >= 11 is 12.0. The lowest BCUT2D eigenvalue weighted by Gasteiger charge is -2.12. The van der Waals surface area contributed by atoms with Crippen molar-refractivity contribution in [2.24, 2.45) is 5.73 Å². The number of ether oxygens (including phenoxy) is 1. The average molecular weight is 300 g/mol. The van der Waals surface area contributed by atoms with Crippen LogP contribution in [0.2, 0.25) is 10.0 Å². The van der Waals surface area contributed by atoms with Crippen LogP contribution in [0, 0.1) is 5.82 Å². The second-order valence-electron chi connectivity index (χ2n) is 3.96. The summed E-state index contributed by atoms with van der Waals surface area (Å²) in [5, 5.41) is 0.808. The van der Waals surface area contributed by atoms with E-state index in [9.17, 15) is 4.39 Å². The van der Waals surface area contributed by atoms with Crippen LogP contribution in [0.3, 0.4) is 0 Å². The van der Waals surface area contributed by atoms with E-state index in [0.717, 1.165) is 5.56 Å². The zero-order valence-electron chi connectivity index (χ0n) is 10.00. The van der Waals surface area contributed by atoms with E-state index in [-0.39, 0.29) is 12.4 Å². The molecule has 0 radical (unpaired) electrons. The summed E-state index contributed by atoms with van der Waals surface area (Å²) in [5.74, 6) is 0.154. The van der Waals surface area contributed by atoms with Gasteiger partial charge in [-0.25, -0.2) is 4.39 Å². The van der Waals surface area contributed by atoms with Gasteiger partial charge < -0.3 is 10.5 Å². The molecule has 0 atom stereocenters. The lowest BCUT2D eigenvalue weighted by Crippen LogP contribution is -2.03. The fraction of sp³-hybridized carbons (Fsp3) is 0.143. The number of benzene rings is 2. The first-order valence-electron chi connectivity index (χ1n) is 5.66. The molecule has 0 saturated heterocycles. The predicted molar refractivity (Wildman–Crippen MR) is 75.1 cm³/mol. The van der Waals surface area contributed by atoms with Crippen LogP contribution in [-0.2, 0) is 13.2 Å². The van der Waals surface area contributed by atoms with Gasteiger partial charge in [-0.1, -0.05) is 41.4 Å². The van der Waals surface area contributed by atoms with Crippen LogP contribution in [0.5, 0.6) is 5.75 Å². The molecule has 19 heavy (non-hydrogen) atoms. The van der Waals surface area contributed by atoms with E-state index in [0.29, 0.717) is 27.9 Å². The van der Waals surface area contributed by atoms with Gasteiger partial charge in [0.15, 0.2) is 0 Å². The Balaban J connectivity index is 2.19. The first-order valence-corrected chi connectivity index (χ1v) is 6.41. The molecular weight excluding hydrogens is 288 g/mol. The Kier molecular flexibility index (Phi) is 4.64. The minimum Gasteiger partial charge on any atom is -0.487 e. The number of halogens is 3. The monoisotopic (exact) mass is 299 g/mol. The molecule has 0 aliphatic carbocycles. The van der Waals surface area contributed by atoms with Gasteiger partial charge in [-0.05, 0) is 18.2 Å². The highest BCUT2D eigenvalue weighted by molar-refractivity contribution is 6.32. The largest absolute Gasteiger partial charge is 0.487 e. The third-order valence-corrected chi connectivity index (χ3v) is 3.31. The summed E-state index contributed by atoms with van der Waals surface area (Å²) < 4.78 is 18.6. The summed E-state index contributed by atoms with van der Waals surface area (Å²) in [6.45, 7) is 0.531. The molecular formula is C14H12Cl2FNO. The van der Waals surface area contributed by atoms with Gasteiger partial charge in [0.25, 0.3) is 0 Å². The fourth-order valence-electron chi connectivity index (χ4n) is 1.66. The van der Waals surface area contributed by atoms with Gasteiger partial charge in [0.05, 0.1) is 10.0 Å². The van der Waals surface area contributed by atoms with E-state index in [1.807, 2.05) is 12.1 Å². The highest BCUT2D eigenvalue weighted by atomic mass is 35.5. The lowest BCUT2D eigenvalue weighted by atomic mass is 10.2. The average Bonchev–Trinajstić information content (AvgIpc) is 2.39. The van der Waals surface area contributed by atoms with Gasteiger partial charge in [-0.2, -0.15) is 0 Å². The Bertz CT molecular complexity index is 590.